The standard InChI is InChI=1S/C12H21N3O3.ClH/c1-12(2)11(17)14-3-5-15(12)10(16)7-9-8-18-6-4-13-9;/h9,13H,3-8H2,1-2H3,(H,14,17);1H. The van der Waals surface area contributed by atoms with Crippen LogP contribution in [0.25, 0.3) is 0 Å². The second kappa shape index (κ2) is 6.54. The van der Waals surface area contributed by atoms with Gasteiger partial charge in [0.2, 0.25) is 11.8 Å². The topological polar surface area (TPSA) is 70.7 Å². The van der Waals surface area contributed by atoms with Gasteiger partial charge in [-0.2, -0.15) is 0 Å². The molecule has 2 saturated heterocycles. The summed E-state index contributed by atoms with van der Waals surface area (Å²) in [5.41, 5.74) is -0.759. The summed E-state index contributed by atoms with van der Waals surface area (Å²) >= 11 is 0. The van der Waals surface area contributed by atoms with Gasteiger partial charge in [0.15, 0.2) is 0 Å². The third-order valence-corrected chi connectivity index (χ3v) is 3.57. The SMILES string of the molecule is CC1(C)C(=O)NCCN1C(=O)CC1COCCN1.Cl. The smallest absolute Gasteiger partial charge is 0.245 e. The van der Waals surface area contributed by atoms with E-state index in [4.69, 9.17) is 4.74 Å². The number of nitrogens with one attached hydrogen (secondary N) is 2. The number of nitrogens with zero attached hydrogens (tertiary/aromatic N) is 1. The molecule has 0 radical (unpaired) electrons. The van der Waals surface area contributed by atoms with Gasteiger partial charge in [0.1, 0.15) is 5.54 Å². The van der Waals surface area contributed by atoms with Crippen molar-refractivity contribution in [3.05, 3.63) is 0 Å². The molecule has 0 saturated carbocycles. The molecule has 0 aromatic rings. The normalized spacial score (nSPS) is 26.3. The molecular weight excluding hydrogens is 270 g/mol. The second-order valence-corrected chi connectivity index (χ2v) is 5.29. The molecule has 0 aromatic heterocycles. The molecule has 0 aliphatic carbocycles. The average molecular weight is 292 g/mol. The number of morpholine rings is 1. The Morgan fingerprint density at radius 1 is 1.47 bits per heavy atom. The minimum atomic E-state index is -0.759. The molecule has 7 heteroatoms. The van der Waals surface area contributed by atoms with E-state index in [-0.39, 0.29) is 30.3 Å². The summed E-state index contributed by atoms with van der Waals surface area (Å²) in [5.74, 6) is -0.0761. The molecule has 2 N–H and O–H groups in total. The minimum absolute atomic E-state index is 0. The number of halogens is 1. The highest BCUT2D eigenvalue weighted by Gasteiger charge is 2.40. The van der Waals surface area contributed by atoms with E-state index >= 15 is 0 Å². The van der Waals surface area contributed by atoms with Crippen LogP contribution in [0.5, 0.6) is 0 Å². The predicted molar refractivity (Wildman–Crippen MR) is 73.3 cm³/mol. The van der Waals surface area contributed by atoms with Gasteiger partial charge in [-0.1, -0.05) is 0 Å². The Kier molecular flexibility index (Phi) is 5.58. The van der Waals surface area contributed by atoms with Crippen molar-refractivity contribution in [1.29, 1.82) is 0 Å². The van der Waals surface area contributed by atoms with Crippen molar-refractivity contribution >= 4 is 24.2 Å². The molecular formula is C12H22ClN3O3. The number of amides is 2. The Balaban J connectivity index is 0.00000180. The van der Waals surface area contributed by atoms with E-state index in [9.17, 15) is 9.59 Å². The molecule has 2 rings (SSSR count). The fourth-order valence-electron chi connectivity index (χ4n) is 2.41. The molecule has 2 heterocycles. The van der Waals surface area contributed by atoms with Gasteiger partial charge >= 0.3 is 0 Å². The lowest BCUT2D eigenvalue weighted by Gasteiger charge is -2.42. The Morgan fingerprint density at radius 3 is 2.84 bits per heavy atom. The number of ether oxygens (including phenoxy) is 1. The number of piperazine rings is 1. The molecule has 2 aliphatic rings. The molecule has 1 unspecified atom stereocenters. The highest BCUT2D eigenvalue weighted by Crippen LogP contribution is 2.19. The van der Waals surface area contributed by atoms with Gasteiger partial charge in [-0.05, 0) is 13.8 Å². The Labute approximate surface area is 119 Å². The lowest BCUT2D eigenvalue weighted by Crippen LogP contribution is -2.64. The average Bonchev–Trinajstić information content (AvgIpc) is 2.33. The zero-order chi connectivity index (χ0) is 13.2. The summed E-state index contributed by atoms with van der Waals surface area (Å²) < 4.78 is 5.33. The Bertz CT molecular complexity index is 343. The van der Waals surface area contributed by atoms with Gasteiger partial charge in [-0.3, -0.25) is 9.59 Å². The van der Waals surface area contributed by atoms with E-state index in [0.29, 0.717) is 32.7 Å². The summed E-state index contributed by atoms with van der Waals surface area (Å²) in [4.78, 5) is 25.7. The van der Waals surface area contributed by atoms with E-state index in [0.717, 1.165) is 6.54 Å². The minimum Gasteiger partial charge on any atom is -0.378 e. The van der Waals surface area contributed by atoms with Crippen molar-refractivity contribution in [2.45, 2.75) is 31.8 Å². The maximum absolute atomic E-state index is 12.3. The van der Waals surface area contributed by atoms with Crippen LogP contribution in [0.2, 0.25) is 0 Å². The molecule has 2 fully saturated rings. The van der Waals surface area contributed by atoms with Gasteiger partial charge in [0.05, 0.1) is 13.2 Å². The van der Waals surface area contributed by atoms with Gasteiger partial charge in [0, 0.05) is 32.1 Å². The number of hydrogen-bond donors (Lipinski definition) is 2. The first-order valence-corrected chi connectivity index (χ1v) is 6.41. The maximum atomic E-state index is 12.3. The van der Waals surface area contributed by atoms with Crippen LogP contribution in [0, 0.1) is 0 Å². The monoisotopic (exact) mass is 291 g/mol. The molecule has 2 aliphatic heterocycles. The largest absolute Gasteiger partial charge is 0.378 e. The summed E-state index contributed by atoms with van der Waals surface area (Å²) in [6, 6.07) is 0.0621. The predicted octanol–water partition coefficient (Wildman–Crippen LogP) is -0.476. The van der Waals surface area contributed by atoms with Crippen LogP contribution in [0.15, 0.2) is 0 Å². The second-order valence-electron chi connectivity index (χ2n) is 5.29. The quantitative estimate of drug-likeness (QED) is 0.721. The number of carbonyl (C=O) groups is 2. The van der Waals surface area contributed by atoms with Crippen LogP contribution in [0.4, 0.5) is 0 Å². The fraction of sp³-hybridized carbons (Fsp3) is 0.833. The Hall–Kier alpha value is -0.850. The highest BCUT2D eigenvalue weighted by molar-refractivity contribution is 5.92. The van der Waals surface area contributed by atoms with Crippen LogP contribution >= 0.6 is 12.4 Å². The van der Waals surface area contributed by atoms with Gasteiger partial charge in [-0.15, -0.1) is 12.4 Å². The molecule has 0 spiro atoms. The molecule has 2 amide bonds. The van der Waals surface area contributed by atoms with Crippen LogP contribution in [-0.4, -0.2) is 61.1 Å². The molecule has 6 nitrogen and oxygen atoms in total. The van der Waals surface area contributed by atoms with Crippen molar-refractivity contribution in [2.75, 3.05) is 32.8 Å². The molecule has 19 heavy (non-hydrogen) atoms. The van der Waals surface area contributed by atoms with E-state index in [1.165, 1.54) is 0 Å². The van der Waals surface area contributed by atoms with Gasteiger partial charge < -0.3 is 20.3 Å². The number of carbonyl (C=O) groups excluding carboxylic acids is 2. The van der Waals surface area contributed by atoms with Crippen LogP contribution in [0.1, 0.15) is 20.3 Å². The number of hydrogen-bond acceptors (Lipinski definition) is 4. The first-order chi connectivity index (χ1) is 8.51. The van der Waals surface area contributed by atoms with Crippen molar-refractivity contribution in [3.8, 4) is 0 Å². The van der Waals surface area contributed by atoms with Crippen molar-refractivity contribution in [1.82, 2.24) is 15.5 Å². The van der Waals surface area contributed by atoms with Gasteiger partial charge in [0.25, 0.3) is 0 Å². The zero-order valence-corrected chi connectivity index (χ0v) is 12.2. The molecule has 1 atom stereocenters. The lowest BCUT2D eigenvalue weighted by molar-refractivity contribution is -0.149. The van der Waals surface area contributed by atoms with E-state index in [1.807, 2.05) is 0 Å². The lowest BCUT2D eigenvalue weighted by atomic mass is 9.97. The zero-order valence-electron chi connectivity index (χ0n) is 11.4. The van der Waals surface area contributed by atoms with E-state index < -0.39 is 5.54 Å². The number of rotatable bonds is 2. The fourth-order valence-corrected chi connectivity index (χ4v) is 2.41. The third kappa shape index (κ3) is 3.58. The molecule has 0 aromatic carbocycles. The summed E-state index contributed by atoms with van der Waals surface area (Å²) in [7, 11) is 0. The van der Waals surface area contributed by atoms with Crippen LogP contribution in [0.3, 0.4) is 0 Å². The van der Waals surface area contributed by atoms with E-state index in [2.05, 4.69) is 10.6 Å². The Morgan fingerprint density at radius 2 is 2.21 bits per heavy atom. The highest BCUT2D eigenvalue weighted by atomic mass is 35.5. The first kappa shape index (κ1) is 16.2. The summed E-state index contributed by atoms with van der Waals surface area (Å²) in [6.07, 6.45) is 0.386. The summed E-state index contributed by atoms with van der Waals surface area (Å²) in [6.45, 7) is 6.71. The van der Waals surface area contributed by atoms with Crippen molar-refractivity contribution in [2.24, 2.45) is 0 Å². The van der Waals surface area contributed by atoms with Crippen molar-refractivity contribution in [3.63, 3.8) is 0 Å². The van der Waals surface area contributed by atoms with Gasteiger partial charge in [-0.25, -0.2) is 0 Å². The first-order valence-electron chi connectivity index (χ1n) is 6.41. The van der Waals surface area contributed by atoms with E-state index in [1.54, 1.807) is 18.7 Å². The maximum Gasteiger partial charge on any atom is 0.245 e. The molecule has 0 bridgehead atoms. The molecule has 110 valence electrons. The van der Waals surface area contributed by atoms with Crippen LogP contribution in [-0.2, 0) is 14.3 Å². The third-order valence-electron chi connectivity index (χ3n) is 3.57. The summed E-state index contributed by atoms with van der Waals surface area (Å²) in [5, 5.41) is 6.04. The van der Waals surface area contributed by atoms with Crippen LogP contribution < -0.4 is 10.6 Å². The van der Waals surface area contributed by atoms with Crippen molar-refractivity contribution < 1.29 is 14.3 Å².